The predicted molar refractivity (Wildman–Crippen MR) is 80.0 cm³/mol. The molecule has 0 aromatic heterocycles. The molecule has 0 saturated carbocycles. The van der Waals surface area contributed by atoms with Crippen molar-refractivity contribution in [3.63, 3.8) is 0 Å². The van der Waals surface area contributed by atoms with Crippen LogP contribution < -0.4 is 9.47 Å². The molecule has 0 N–H and O–H groups in total. The standard InChI is InChI=1S/C18H16F2O2/c19-13-5-9-15(10-6-13)21-17-3-1-2-4-18(17)22-16-11-7-14(20)8-12-16/h1,3,5-12,17-18H,2,4H2/t17-,18-/m0/s1. The van der Waals surface area contributed by atoms with E-state index in [0.717, 1.165) is 12.8 Å². The quantitative estimate of drug-likeness (QED) is 0.774. The number of rotatable bonds is 4. The molecule has 2 nitrogen and oxygen atoms in total. The molecule has 0 radical (unpaired) electrons. The first-order valence-electron chi connectivity index (χ1n) is 7.22. The van der Waals surface area contributed by atoms with Crippen LogP contribution in [0.2, 0.25) is 0 Å². The van der Waals surface area contributed by atoms with Gasteiger partial charge in [-0.15, -0.1) is 0 Å². The first kappa shape index (κ1) is 14.6. The average molecular weight is 302 g/mol. The van der Waals surface area contributed by atoms with Crippen molar-refractivity contribution in [3.8, 4) is 11.5 Å². The summed E-state index contributed by atoms with van der Waals surface area (Å²) in [6.07, 6.45) is 5.26. The zero-order valence-corrected chi connectivity index (χ0v) is 11.9. The minimum absolute atomic E-state index is 0.166. The zero-order chi connectivity index (χ0) is 15.4. The van der Waals surface area contributed by atoms with Crippen LogP contribution in [0.15, 0.2) is 60.7 Å². The zero-order valence-electron chi connectivity index (χ0n) is 11.9. The molecule has 2 aromatic carbocycles. The smallest absolute Gasteiger partial charge is 0.154 e. The minimum Gasteiger partial charge on any atom is -0.486 e. The maximum absolute atomic E-state index is 12.9. The lowest BCUT2D eigenvalue weighted by Gasteiger charge is -2.29. The third-order valence-electron chi connectivity index (χ3n) is 3.50. The van der Waals surface area contributed by atoms with Gasteiger partial charge in [0.1, 0.15) is 29.2 Å². The van der Waals surface area contributed by atoms with Crippen molar-refractivity contribution in [2.24, 2.45) is 0 Å². The molecule has 3 rings (SSSR count). The summed E-state index contributed by atoms with van der Waals surface area (Å²) in [7, 11) is 0. The highest BCUT2D eigenvalue weighted by Crippen LogP contribution is 2.24. The summed E-state index contributed by atoms with van der Waals surface area (Å²) in [6.45, 7) is 0. The van der Waals surface area contributed by atoms with Crippen LogP contribution in [0.25, 0.3) is 0 Å². The fourth-order valence-electron chi connectivity index (χ4n) is 2.38. The van der Waals surface area contributed by atoms with Crippen LogP contribution >= 0.6 is 0 Å². The molecule has 0 saturated heterocycles. The summed E-state index contributed by atoms with van der Waals surface area (Å²) in [4.78, 5) is 0. The molecule has 4 heteroatoms. The van der Waals surface area contributed by atoms with E-state index < -0.39 is 0 Å². The topological polar surface area (TPSA) is 18.5 Å². The molecular formula is C18H16F2O2. The number of hydrogen-bond donors (Lipinski definition) is 0. The van der Waals surface area contributed by atoms with Crippen LogP contribution in [0, 0.1) is 11.6 Å². The van der Waals surface area contributed by atoms with Crippen molar-refractivity contribution >= 4 is 0 Å². The number of hydrogen-bond acceptors (Lipinski definition) is 2. The fraction of sp³-hybridized carbons (Fsp3) is 0.222. The Balaban J connectivity index is 1.70. The van der Waals surface area contributed by atoms with E-state index in [0.29, 0.717) is 11.5 Å². The molecule has 0 heterocycles. The van der Waals surface area contributed by atoms with Gasteiger partial charge in [0, 0.05) is 0 Å². The lowest BCUT2D eigenvalue weighted by molar-refractivity contribution is 0.0721. The molecule has 2 atom stereocenters. The molecule has 1 aliphatic rings. The lowest BCUT2D eigenvalue weighted by atomic mass is 10.0. The first-order valence-corrected chi connectivity index (χ1v) is 7.22. The average Bonchev–Trinajstić information content (AvgIpc) is 2.54. The molecule has 0 aliphatic heterocycles. The highest BCUT2D eigenvalue weighted by molar-refractivity contribution is 5.25. The second-order valence-corrected chi connectivity index (χ2v) is 5.15. The second kappa shape index (κ2) is 6.60. The van der Waals surface area contributed by atoms with Gasteiger partial charge in [0.2, 0.25) is 0 Å². The van der Waals surface area contributed by atoms with Gasteiger partial charge in [-0.2, -0.15) is 0 Å². The van der Waals surface area contributed by atoms with E-state index in [1.54, 1.807) is 24.3 Å². The van der Waals surface area contributed by atoms with Gasteiger partial charge in [0.05, 0.1) is 0 Å². The summed E-state index contributed by atoms with van der Waals surface area (Å²) in [5.74, 6) is 0.598. The monoisotopic (exact) mass is 302 g/mol. The van der Waals surface area contributed by atoms with Crippen LogP contribution in [-0.2, 0) is 0 Å². The minimum atomic E-state index is -0.300. The number of ether oxygens (including phenoxy) is 2. The summed E-state index contributed by atoms with van der Waals surface area (Å²) < 4.78 is 37.6. The highest BCUT2D eigenvalue weighted by atomic mass is 19.1. The van der Waals surface area contributed by atoms with Crippen molar-refractivity contribution in [1.82, 2.24) is 0 Å². The highest BCUT2D eigenvalue weighted by Gasteiger charge is 2.25. The SMILES string of the molecule is Fc1ccc(O[C@H]2C=CCC[C@@H]2Oc2ccc(F)cc2)cc1. The van der Waals surface area contributed by atoms with E-state index in [1.807, 2.05) is 12.2 Å². The molecule has 0 bridgehead atoms. The molecule has 2 aromatic rings. The van der Waals surface area contributed by atoms with Gasteiger partial charge in [-0.3, -0.25) is 0 Å². The summed E-state index contributed by atoms with van der Waals surface area (Å²) in [5, 5.41) is 0. The Kier molecular flexibility index (Phi) is 4.37. The molecule has 1 aliphatic carbocycles. The Bertz CT molecular complexity index is 635. The van der Waals surface area contributed by atoms with E-state index in [9.17, 15) is 8.78 Å². The van der Waals surface area contributed by atoms with Crippen molar-refractivity contribution < 1.29 is 18.3 Å². The summed E-state index contributed by atoms with van der Waals surface area (Å²) in [6, 6.07) is 11.8. The van der Waals surface area contributed by atoms with E-state index in [1.165, 1.54) is 24.3 Å². The Morgan fingerprint density at radius 3 is 1.91 bits per heavy atom. The molecule has 0 spiro atoms. The normalized spacial score (nSPS) is 20.6. The van der Waals surface area contributed by atoms with E-state index in [2.05, 4.69) is 0 Å². The van der Waals surface area contributed by atoms with Gasteiger partial charge < -0.3 is 9.47 Å². The van der Waals surface area contributed by atoms with Crippen molar-refractivity contribution in [2.45, 2.75) is 25.0 Å². The summed E-state index contributed by atoms with van der Waals surface area (Å²) >= 11 is 0. The third kappa shape index (κ3) is 3.64. The van der Waals surface area contributed by atoms with Crippen LogP contribution in [0.1, 0.15) is 12.8 Å². The molecule has 0 amide bonds. The van der Waals surface area contributed by atoms with Gasteiger partial charge in [-0.1, -0.05) is 6.08 Å². The van der Waals surface area contributed by atoms with Crippen molar-refractivity contribution in [3.05, 3.63) is 72.3 Å². The Labute approximate surface area is 128 Å². The maximum Gasteiger partial charge on any atom is 0.154 e. The largest absolute Gasteiger partial charge is 0.486 e. The molecular weight excluding hydrogens is 286 g/mol. The predicted octanol–water partition coefficient (Wildman–Crippen LogP) is 4.51. The Morgan fingerprint density at radius 2 is 1.32 bits per heavy atom. The van der Waals surface area contributed by atoms with Crippen molar-refractivity contribution in [2.75, 3.05) is 0 Å². The second-order valence-electron chi connectivity index (χ2n) is 5.15. The number of benzene rings is 2. The molecule has 0 fully saturated rings. The number of allylic oxidation sites excluding steroid dienone is 1. The van der Waals surface area contributed by atoms with E-state index in [-0.39, 0.29) is 23.8 Å². The Hall–Kier alpha value is -2.36. The third-order valence-corrected chi connectivity index (χ3v) is 3.50. The van der Waals surface area contributed by atoms with Crippen LogP contribution in [0.5, 0.6) is 11.5 Å². The van der Waals surface area contributed by atoms with Gasteiger partial charge in [0.25, 0.3) is 0 Å². The molecule has 0 unspecified atom stereocenters. The maximum atomic E-state index is 12.9. The fourth-order valence-corrected chi connectivity index (χ4v) is 2.38. The van der Waals surface area contributed by atoms with E-state index >= 15 is 0 Å². The van der Waals surface area contributed by atoms with E-state index in [4.69, 9.17) is 9.47 Å². The lowest BCUT2D eigenvalue weighted by Crippen LogP contribution is -2.36. The van der Waals surface area contributed by atoms with Crippen LogP contribution in [0.4, 0.5) is 8.78 Å². The van der Waals surface area contributed by atoms with Crippen LogP contribution in [0.3, 0.4) is 0 Å². The molecule has 114 valence electrons. The molecule has 22 heavy (non-hydrogen) atoms. The van der Waals surface area contributed by atoms with Gasteiger partial charge in [-0.05, 0) is 67.4 Å². The first-order chi connectivity index (χ1) is 10.7. The Morgan fingerprint density at radius 1 is 0.773 bits per heavy atom. The van der Waals surface area contributed by atoms with Gasteiger partial charge in [0.15, 0.2) is 6.10 Å². The van der Waals surface area contributed by atoms with Gasteiger partial charge >= 0.3 is 0 Å². The number of halogens is 2. The van der Waals surface area contributed by atoms with Gasteiger partial charge in [-0.25, -0.2) is 8.78 Å². The summed E-state index contributed by atoms with van der Waals surface area (Å²) in [5.41, 5.74) is 0. The van der Waals surface area contributed by atoms with Crippen molar-refractivity contribution in [1.29, 1.82) is 0 Å². The van der Waals surface area contributed by atoms with Crippen LogP contribution in [-0.4, -0.2) is 12.2 Å².